The van der Waals surface area contributed by atoms with Crippen LogP contribution in [0.25, 0.3) is 5.82 Å². The van der Waals surface area contributed by atoms with Crippen LogP contribution in [0, 0.1) is 13.8 Å². The van der Waals surface area contributed by atoms with Gasteiger partial charge in [-0.25, -0.2) is 9.67 Å². The Morgan fingerprint density at radius 1 is 1.26 bits per heavy atom. The minimum absolute atomic E-state index is 0.0668. The van der Waals surface area contributed by atoms with Gasteiger partial charge in [-0.1, -0.05) is 0 Å². The van der Waals surface area contributed by atoms with Crippen LogP contribution in [0.4, 0.5) is 5.13 Å². The van der Waals surface area contributed by atoms with Crippen LogP contribution in [0.2, 0.25) is 0 Å². The molecule has 0 fully saturated rings. The minimum Gasteiger partial charge on any atom is -0.466 e. The lowest BCUT2D eigenvalue weighted by molar-refractivity contribution is -0.142. The number of esters is 1. The molecule has 140 valence electrons. The molecule has 0 aliphatic carbocycles. The van der Waals surface area contributed by atoms with E-state index in [0.717, 1.165) is 11.4 Å². The van der Waals surface area contributed by atoms with Crippen LogP contribution in [0.3, 0.4) is 0 Å². The summed E-state index contributed by atoms with van der Waals surface area (Å²) in [5.41, 5.74) is 2.50. The molecule has 0 aliphatic rings. The number of aryl methyl sites for hydroxylation is 2. The molecular weight excluding hydrogens is 368 g/mol. The lowest BCUT2D eigenvalue weighted by atomic mass is 10.3. The van der Waals surface area contributed by atoms with Crippen LogP contribution >= 0.6 is 11.3 Å². The largest absolute Gasteiger partial charge is 0.466 e. The molecule has 0 atom stereocenters. The lowest BCUT2D eigenvalue weighted by Gasteiger charge is -2.04. The second-order valence-electron chi connectivity index (χ2n) is 5.70. The number of hydrogen-bond acceptors (Lipinski definition) is 8. The zero-order chi connectivity index (χ0) is 19.4. The second kappa shape index (κ2) is 8.04. The number of carbonyl (C=O) groups is 2. The van der Waals surface area contributed by atoms with Crippen molar-refractivity contribution in [3.05, 3.63) is 46.4 Å². The molecule has 3 heterocycles. The minimum atomic E-state index is -0.431. The first kappa shape index (κ1) is 18.6. The van der Waals surface area contributed by atoms with Crippen LogP contribution in [0.5, 0.6) is 0 Å². The Labute approximate surface area is 159 Å². The molecule has 0 unspecified atom stereocenters. The molecule has 1 N–H and O–H groups in total. The predicted molar refractivity (Wildman–Crippen MR) is 99.0 cm³/mol. The molecule has 0 aliphatic heterocycles. The number of nitrogens with one attached hydrogen (secondary N) is 1. The van der Waals surface area contributed by atoms with E-state index in [2.05, 4.69) is 25.6 Å². The number of nitrogens with zero attached hydrogens (tertiary/aromatic N) is 5. The molecule has 3 aromatic heterocycles. The van der Waals surface area contributed by atoms with Gasteiger partial charge in [0.05, 0.1) is 24.4 Å². The van der Waals surface area contributed by atoms with Gasteiger partial charge in [0.2, 0.25) is 0 Å². The summed E-state index contributed by atoms with van der Waals surface area (Å²) in [5.74, 6) is -0.256. The molecule has 0 radical (unpaired) electrons. The fraction of sp³-hybridized carbons (Fsp3) is 0.294. The number of rotatable bonds is 6. The van der Waals surface area contributed by atoms with Gasteiger partial charge < -0.3 is 4.74 Å². The molecule has 0 aromatic carbocycles. The van der Waals surface area contributed by atoms with Gasteiger partial charge in [0.1, 0.15) is 0 Å². The van der Waals surface area contributed by atoms with Crippen LogP contribution < -0.4 is 5.32 Å². The second-order valence-corrected chi connectivity index (χ2v) is 6.55. The van der Waals surface area contributed by atoms with E-state index in [1.807, 2.05) is 19.9 Å². The SMILES string of the molecule is CCOC(=O)Cc1csc(NC(=O)c2ccc(-n3nc(C)cc3C)nn2)n1. The van der Waals surface area contributed by atoms with Gasteiger partial charge in [0, 0.05) is 11.1 Å². The highest BCUT2D eigenvalue weighted by Crippen LogP contribution is 2.17. The summed E-state index contributed by atoms with van der Waals surface area (Å²) in [5, 5.41) is 17.1. The van der Waals surface area contributed by atoms with Crippen LogP contribution in [0.15, 0.2) is 23.6 Å². The molecule has 0 saturated carbocycles. The molecule has 9 nitrogen and oxygen atoms in total. The molecule has 0 saturated heterocycles. The first-order valence-corrected chi connectivity index (χ1v) is 9.13. The van der Waals surface area contributed by atoms with Crippen molar-refractivity contribution in [3.8, 4) is 5.82 Å². The Morgan fingerprint density at radius 2 is 2.07 bits per heavy atom. The Hall–Kier alpha value is -3.14. The van der Waals surface area contributed by atoms with Gasteiger partial charge in [-0.15, -0.1) is 21.5 Å². The number of ether oxygens (including phenoxy) is 1. The summed E-state index contributed by atoms with van der Waals surface area (Å²) < 4.78 is 6.54. The quantitative estimate of drug-likeness (QED) is 0.646. The highest BCUT2D eigenvalue weighted by atomic mass is 32.1. The van der Waals surface area contributed by atoms with E-state index in [0.29, 0.717) is 23.3 Å². The topological polar surface area (TPSA) is 112 Å². The molecular formula is C17H18N6O3S. The highest BCUT2D eigenvalue weighted by Gasteiger charge is 2.14. The first-order valence-electron chi connectivity index (χ1n) is 8.25. The number of amides is 1. The van der Waals surface area contributed by atoms with Crippen LogP contribution in [-0.4, -0.2) is 43.4 Å². The summed E-state index contributed by atoms with van der Waals surface area (Å²) in [4.78, 5) is 28.0. The van der Waals surface area contributed by atoms with E-state index < -0.39 is 5.91 Å². The lowest BCUT2D eigenvalue weighted by Crippen LogP contribution is -2.15. The van der Waals surface area contributed by atoms with E-state index in [4.69, 9.17) is 4.74 Å². The summed E-state index contributed by atoms with van der Waals surface area (Å²) in [7, 11) is 0. The monoisotopic (exact) mass is 386 g/mol. The maximum Gasteiger partial charge on any atom is 0.311 e. The molecule has 27 heavy (non-hydrogen) atoms. The van der Waals surface area contributed by atoms with Crippen molar-refractivity contribution in [3.63, 3.8) is 0 Å². The third-order valence-electron chi connectivity index (χ3n) is 3.51. The number of aromatic nitrogens is 5. The van der Waals surface area contributed by atoms with E-state index in [-0.39, 0.29) is 18.1 Å². The van der Waals surface area contributed by atoms with Crippen molar-refractivity contribution in [2.45, 2.75) is 27.2 Å². The highest BCUT2D eigenvalue weighted by molar-refractivity contribution is 7.14. The normalized spacial score (nSPS) is 10.6. The first-order chi connectivity index (χ1) is 13.0. The van der Waals surface area contributed by atoms with Gasteiger partial charge in [0.15, 0.2) is 16.6 Å². The summed E-state index contributed by atoms with van der Waals surface area (Å²) in [6.45, 7) is 5.87. The Kier molecular flexibility index (Phi) is 5.55. The zero-order valence-corrected chi connectivity index (χ0v) is 15.9. The average molecular weight is 386 g/mol. The van der Waals surface area contributed by atoms with Crippen molar-refractivity contribution in [1.29, 1.82) is 0 Å². The Balaban J connectivity index is 1.65. The molecule has 0 spiro atoms. The van der Waals surface area contributed by atoms with Crippen molar-refractivity contribution >= 4 is 28.3 Å². The van der Waals surface area contributed by atoms with Gasteiger partial charge in [-0.05, 0) is 39.0 Å². The van der Waals surface area contributed by atoms with Crippen molar-refractivity contribution in [2.75, 3.05) is 11.9 Å². The van der Waals surface area contributed by atoms with Crippen molar-refractivity contribution in [2.24, 2.45) is 0 Å². The fourth-order valence-electron chi connectivity index (χ4n) is 2.39. The zero-order valence-electron chi connectivity index (χ0n) is 15.1. The third-order valence-corrected chi connectivity index (χ3v) is 4.32. The summed E-state index contributed by atoms with van der Waals surface area (Å²) >= 11 is 1.22. The Bertz CT molecular complexity index is 963. The molecule has 10 heteroatoms. The average Bonchev–Trinajstić information content (AvgIpc) is 3.20. The fourth-order valence-corrected chi connectivity index (χ4v) is 3.09. The van der Waals surface area contributed by atoms with E-state index in [1.165, 1.54) is 11.3 Å². The van der Waals surface area contributed by atoms with Gasteiger partial charge in [0.25, 0.3) is 5.91 Å². The third kappa shape index (κ3) is 4.53. The number of thiazole rings is 1. The maximum atomic E-state index is 12.3. The number of hydrogen-bond donors (Lipinski definition) is 1. The van der Waals surface area contributed by atoms with Crippen molar-refractivity contribution < 1.29 is 14.3 Å². The summed E-state index contributed by atoms with van der Waals surface area (Å²) in [6, 6.07) is 5.18. The number of carbonyl (C=O) groups excluding carboxylic acids is 2. The standard InChI is InChI=1S/C17H18N6O3S/c1-4-26-15(24)8-12-9-27-17(18-12)19-16(25)13-5-6-14(21-20-13)23-11(3)7-10(2)22-23/h5-7,9H,4,8H2,1-3H3,(H,18,19,25). The summed E-state index contributed by atoms with van der Waals surface area (Å²) in [6.07, 6.45) is 0.0668. The number of anilines is 1. The maximum absolute atomic E-state index is 12.3. The smallest absolute Gasteiger partial charge is 0.311 e. The molecule has 3 aromatic rings. The van der Waals surface area contributed by atoms with Crippen LogP contribution in [0.1, 0.15) is 34.5 Å². The van der Waals surface area contributed by atoms with Gasteiger partial charge >= 0.3 is 5.97 Å². The molecule has 3 rings (SSSR count). The van der Waals surface area contributed by atoms with E-state index >= 15 is 0 Å². The Morgan fingerprint density at radius 3 is 2.70 bits per heavy atom. The molecule has 0 bridgehead atoms. The van der Waals surface area contributed by atoms with Crippen LogP contribution in [-0.2, 0) is 16.0 Å². The van der Waals surface area contributed by atoms with E-state index in [1.54, 1.807) is 29.1 Å². The van der Waals surface area contributed by atoms with Gasteiger partial charge in [-0.2, -0.15) is 5.10 Å². The van der Waals surface area contributed by atoms with Gasteiger partial charge in [-0.3, -0.25) is 14.9 Å². The predicted octanol–water partition coefficient (Wildman–Crippen LogP) is 2.09. The van der Waals surface area contributed by atoms with E-state index in [9.17, 15) is 9.59 Å². The molecule has 1 amide bonds. The van der Waals surface area contributed by atoms with Crippen molar-refractivity contribution in [1.82, 2.24) is 25.0 Å².